The molecule has 0 aliphatic carbocycles. The molecule has 1 atom stereocenters. The zero-order valence-electron chi connectivity index (χ0n) is 16.3. The molecule has 1 N–H and O–H groups in total. The highest BCUT2D eigenvalue weighted by Gasteiger charge is 2.28. The molecule has 7 heteroatoms. The standard InChI is InChI=1S/C21H27N3O3S/c1-3-20(17-8-5-4-6-9-17)22-21(25)18-10-7-11-19(16-18)28(26,27)24-14-12-23(2)13-15-24/h4-11,16,20H,3,12-15H2,1-2H3,(H,22,25)/t20-/m0/s1. The van der Waals surface area contributed by atoms with Gasteiger partial charge >= 0.3 is 0 Å². The van der Waals surface area contributed by atoms with Crippen molar-refractivity contribution in [1.82, 2.24) is 14.5 Å². The fourth-order valence-corrected chi connectivity index (χ4v) is 4.79. The van der Waals surface area contributed by atoms with Gasteiger partial charge in [0.15, 0.2) is 0 Å². The Morgan fingerprint density at radius 1 is 1.04 bits per heavy atom. The summed E-state index contributed by atoms with van der Waals surface area (Å²) in [5.74, 6) is -0.272. The lowest BCUT2D eigenvalue weighted by molar-refractivity contribution is 0.0935. The predicted molar refractivity (Wildman–Crippen MR) is 110 cm³/mol. The lowest BCUT2D eigenvalue weighted by Crippen LogP contribution is -2.47. The van der Waals surface area contributed by atoms with Crippen LogP contribution in [0.5, 0.6) is 0 Å². The van der Waals surface area contributed by atoms with E-state index in [2.05, 4.69) is 10.2 Å². The Labute approximate surface area is 167 Å². The zero-order chi connectivity index (χ0) is 20.1. The highest BCUT2D eigenvalue weighted by Crippen LogP contribution is 2.20. The van der Waals surface area contributed by atoms with Crippen LogP contribution in [0.2, 0.25) is 0 Å². The van der Waals surface area contributed by atoms with Gasteiger partial charge in [-0.1, -0.05) is 43.3 Å². The number of carbonyl (C=O) groups is 1. The average molecular weight is 402 g/mol. The van der Waals surface area contributed by atoms with E-state index in [-0.39, 0.29) is 16.8 Å². The van der Waals surface area contributed by atoms with Crippen molar-refractivity contribution in [3.63, 3.8) is 0 Å². The fraction of sp³-hybridized carbons (Fsp3) is 0.381. The first-order valence-electron chi connectivity index (χ1n) is 9.56. The van der Waals surface area contributed by atoms with Crippen LogP contribution in [0.4, 0.5) is 0 Å². The third-order valence-corrected chi connectivity index (χ3v) is 7.01. The minimum absolute atomic E-state index is 0.119. The molecule has 1 saturated heterocycles. The second kappa shape index (κ2) is 8.86. The van der Waals surface area contributed by atoms with E-state index >= 15 is 0 Å². The van der Waals surface area contributed by atoms with Crippen molar-refractivity contribution in [1.29, 1.82) is 0 Å². The molecule has 0 saturated carbocycles. The summed E-state index contributed by atoms with van der Waals surface area (Å²) in [6, 6.07) is 15.9. The van der Waals surface area contributed by atoms with Crippen LogP contribution in [0, 0.1) is 0 Å². The largest absolute Gasteiger partial charge is 0.345 e. The SMILES string of the molecule is CC[C@H](NC(=O)c1cccc(S(=O)(=O)N2CCN(C)CC2)c1)c1ccccc1. The molecule has 0 bridgehead atoms. The van der Waals surface area contributed by atoms with Crippen LogP contribution in [0.1, 0.15) is 35.3 Å². The van der Waals surface area contributed by atoms with E-state index in [1.165, 1.54) is 10.4 Å². The number of nitrogens with one attached hydrogen (secondary N) is 1. The number of carbonyl (C=O) groups excluding carboxylic acids is 1. The van der Waals surface area contributed by atoms with Crippen molar-refractivity contribution in [3.05, 3.63) is 65.7 Å². The third-order valence-electron chi connectivity index (χ3n) is 5.11. The molecule has 0 aromatic heterocycles. The van der Waals surface area contributed by atoms with Crippen LogP contribution >= 0.6 is 0 Å². The molecule has 1 amide bonds. The van der Waals surface area contributed by atoms with E-state index in [9.17, 15) is 13.2 Å². The summed E-state index contributed by atoms with van der Waals surface area (Å²) < 4.78 is 27.4. The first-order valence-corrected chi connectivity index (χ1v) is 11.0. The number of piperazine rings is 1. The van der Waals surface area contributed by atoms with Crippen molar-refractivity contribution in [2.24, 2.45) is 0 Å². The molecule has 2 aromatic carbocycles. The summed E-state index contributed by atoms with van der Waals surface area (Å²) in [7, 11) is -1.62. The van der Waals surface area contributed by atoms with Gasteiger partial charge in [0, 0.05) is 31.7 Å². The molecule has 150 valence electrons. The van der Waals surface area contributed by atoms with E-state index < -0.39 is 10.0 Å². The molecule has 0 radical (unpaired) electrons. The van der Waals surface area contributed by atoms with Gasteiger partial charge in [0.1, 0.15) is 0 Å². The van der Waals surface area contributed by atoms with Crippen LogP contribution in [-0.2, 0) is 10.0 Å². The Bertz CT molecular complexity index is 908. The van der Waals surface area contributed by atoms with Crippen LogP contribution in [0.15, 0.2) is 59.5 Å². The van der Waals surface area contributed by atoms with E-state index in [0.717, 1.165) is 12.0 Å². The van der Waals surface area contributed by atoms with Gasteiger partial charge < -0.3 is 10.2 Å². The van der Waals surface area contributed by atoms with Crippen LogP contribution in [0.25, 0.3) is 0 Å². The molecule has 28 heavy (non-hydrogen) atoms. The normalized spacial score (nSPS) is 17.2. The van der Waals surface area contributed by atoms with E-state index in [4.69, 9.17) is 0 Å². The topological polar surface area (TPSA) is 69.7 Å². The molecule has 3 rings (SSSR count). The van der Waals surface area contributed by atoms with Crippen molar-refractivity contribution in [2.45, 2.75) is 24.3 Å². The monoisotopic (exact) mass is 401 g/mol. The molecule has 1 aliphatic heterocycles. The highest BCUT2D eigenvalue weighted by atomic mass is 32.2. The van der Waals surface area contributed by atoms with Gasteiger partial charge in [0.05, 0.1) is 10.9 Å². The molecule has 6 nitrogen and oxygen atoms in total. The summed E-state index contributed by atoms with van der Waals surface area (Å²) in [6.07, 6.45) is 0.745. The van der Waals surface area contributed by atoms with Gasteiger partial charge in [-0.15, -0.1) is 0 Å². The fourth-order valence-electron chi connectivity index (χ4n) is 3.32. The number of hydrogen-bond acceptors (Lipinski definition) is 4. The Hall–Kier alpha value is -2.22. The van der Waals surface area contributed by atoms with Crippen LogP contribution in [0.3, 0.4) is 0 Å². The summed E-state index contributed by atoms with van der Waals surface area (Å²) >= 11 is 0. The van der Waals surface area contributed by atoms with Crippen molar-refractivity contribution < 1.29 is 13.2 Å². The summed E-state index contributed by atoms with van der Waals surface area (Å²) in [5.41, 5.74) is 1.38. The molecular formula is C21H27N3O3S. The molecule has 2 aromatic rings. The smallest absolute Gasteiger partial charge is 0.251 e. The Balaban J connectivity index is 1.78. The van der Waals surface area contributed by atoms with E-state index in [1.807, 2.05) is 44.3 Å². The molecular weight excluding hydrogens is 374 g/mol. The quantitative estimate of drug-likeness (QED) is 0.808. The van der Waals surface area contributed by atoms with Crippen LogP contribution in [-0.4, -0.2) is 56.8 Å². The number of amides is 1. The van der Waals surface area contributed by atoms with Crippen molar-refractivity contribution in [2.75, 3.05) is 33.2 Å². The predicted octanol–water partition coefficient (Wildman–Crippen LogP) is 2.50. The van der Waals surface area contributed by atoms with Gasteiger partial charge in [-0.2, -0.15) is 4.31 Å². The minimum Gasteiger partial charge on any atom is -0.345 e. The number of sulfonamides is 1. The maximum absolute atomic E-state index is 12.9. The van der Waals surface area contributed by atoms with Gasteiger partial charge in [-0.25, -0.2) is 8.42 Å². The summed E-state index contributed by atoms with van der Waals surface area (Å²) in [5, 5.41) is 3.01. The van der Waals surface area contributed by atoms with Crippen molar-refractivity contribution in [3.8, 4) is 0 Å². The lowest BCUT2D eigenvalue weighted by atomic mass is 10.0. The zero-order valence-corrected chi connectivity index (χ0v) is 17.2. The maximum atomic E-state index is 12.9. The second-order valence-corrected chi connectivity index (χ2v) is 9.02. The lowest BCUT2D eigenvalue weighted by Gasteiger charge is -2.31. The van der Waals surface area contributed by atoms with Gasteiger partial charge in [-0.05, 0) is 37.2 Å². The first-order chi connectivity index (χ1) is 13.4. The number of rotatable bonds is 6. The number of likely N-dealkylation sites (N-methyl/N-ethyl adjacent to an activating group) is 1. The molecule has 1 fully saturated rings. The summed E-state index contributed by atoms with van der Waals surface area (Å²) in [6.45, 7) is 4.33. The van der Waals surface area contributed by atoms with Gasteiger partial charge in [0.25, 0.3) is 5.91 Å². The number of benzene rings is 2. The van der Waals surface area contributed by atoms with Crippen LogP contribution < -0.4 is 5.32 Å². The van der Waals surface area contributed by atoms with Gasteiger partial charge in [-0.3, -0.25) is 4.79 Å². The first kappa shape index (κ1) is 20.5. The maximum Gasteiger partial charge on any atom is 0.251 e. The van der Waals surface area contributed by atoms with E-state index in [0.29, 0.717) is 31.7 Å². The van der Waals surface area contributed by atoms with Crippen molar-refractivity contribution >= 4 is 15.9 Å². The molecule has 1 heterocycles. The number of hydrogen-bond donors (Lipinski definition) is 1. The Morgan fingerprint density at radius 2 is 1.71 bits per heavy atom. The van der Waals surface area contributed by atoms with Gasteiger partial charge in [0.2, 0.25) is 10.0 Å². The molecule has 0 unspecified atom stereocenters. The summed E-state index contributed by atoms with van der Waals surface area (Å²) in [4.78, 5) is 15.0. The number of nitrogens with zero attached hydrogens (tertiary/aromatic N) is 2. The Kier molecular flexibility index (Phi) is 6.49. The third kappa shape index (κ3) is 4.60. The minimum atomic E-state index is -3.60. The highest BCUT2D eigenvalue weighted by molar-refractivity contribution is 7.89. The Morgan fingerprint density at radius 3 is 2.36 bits per heavy atom. The van der Waals surface area contributed by atoms with E-state index in [1.54, 1.807) is 18.2 Å². The second-order valence-electron chi connectivity index (χ2n) is 7.08. The molecule has 1 aliphatic rings. The average Bonchev–Trinajstić information content (AvgIpc) is 2.73. The molecule has 0 spiro atoms.